The van der Waals surface area contributed by atoms with Crippen LogP contribution in [0.15, 0.2) is 138 Å². The highest BCUT2D eigenvalue weighted by atomic mass is 16.3. The van der Waals surface area contributed by atoms with Crippen molar-refractivity contribution in [3.05, 3.63) is 150 Å². The molecule has 0 saturated carbocycles. The average molecular weight is 507 g/mol. The summed E-state index contributed by atoms with van der Waals surface area (Å²) in [5.41, 5.74) is 20.4. The van der Waals surface area contributed by atoms with Crippen LogP contribution < -0.4 is 11.5 Å². The number of nitrogens with two attached hydrogens (primary N) is 2. The molecule has 3 heteroatoms. The summed E-state index contributed by atoms with van der Waals surface area (Å²) < 4.78 is 6.15. The lowest BCUT2D eigenvalue weighted by molar-refractivity contribution is 0.669. The number of benzene rings is 6. The van der Waals surface area contributed by atoms with E-state index in [9.17, 15) is 0 Å². The molecule has 0 bridgehead atoms. The molecule has 7 aromatic rings. The van der Waals surface area contributed by atoms with Gasteiger partial charge in [0.2, 0.25) is 0 Å². The zero-order valence-corrected chi connectivity index (χ0v) is 21.8. The van der Waals surface area contributed by atoms with Crippen LogP contribution in [0.4, 0.5) is 5.69 Å². The van der Waals surface area contributed by atoms with Gasteiger partial charge in [0.15, 0.2) is 0 Å². The Balaban J connectivity index is 0.000000159. The Morgan fingerprint density at radius 1 is 0.615 bits per heavy atom. The number of rotatable bonds is 3. The summed E-state index contributed by atoms with van der Waals surface area (Å²) in [4.78, 5) is 0. The summed E-state index contributed by atoms with van der Waals surface area (Å²) in [6.07, 6.45) is 0. The number of furan rings is 1. The number of hydrogen-bond donors (Lipinski definition) is 2. The fourth-order valence-corrected chi connectivity index (χ4v) is 5.27. The summed E-state index contributed by atoms with van der Waals surface area (Å²) in [6.45, 7) is 2.13. The number of anilines is 1. The topological polar surface area (TPSA) is 65.2 Å². The normalized spacial score (nSPS) is 11.8. The van der Waals surface area contributed by atoms with E-state index in [0.717, 1.165) is 28.0 Å². The third kappa shape index (κ3) is 4.76. The maximum atomic E-state index is 6.15. The SMILES string of the molecule is Cc1cccc(-c2cccc3oc4ccc5ccccc5c4c23)c1.Nc1ccccc1C(N)c1ccccc1. The first-order valence-electron chi connectivity index (χ1n) is 13.1. The Morgan fingerprint density at radius 2 is 1.33 bits per heavy atom. The largest absolute Gasteiger partial charge is 0.456 e. The maximum Gasteiger partial charge on any atom is 0.136 e. The monoisotopic (exact) mass is 506 g/mol. The lowest BCUT2D eigenvalue weighted by Crippen LogP contribution is -2.13. The molecule has 0 amide bonds. The number of para-hydroxylation sites is 1. The Morgan fingerprint density at radius 3 is 2.15 bits per heavy atom. The van der Waals surface area contributed by atoms with Crippen molar-refractivity contribution < 1.29 is 4.42 Å². The van der Waals surface area contributed by atoms with Gasteiger partial charge in [-0.3, -0.25) is 0 Å². The van der Waals surface area contributed by atoms with Gasteiger partial charge in [0.1, 0.15) is 11.2 Å². The smallest absolute Gasteiger partial charge is 0.136 e. The van der Waals surface area contributed by atoms with Crippen molar-refractivity contribution in [2.24, 2.45) is 5.73 Å². The van der Waals surface area contributed by atoms with E-state index in [1.807, 2.05) is 54.6 Å². The van der Waals surface area contributed by atoms with Crippen LogP contribution in [0.1, 0.15) is 22.7 Å². The lowest BCUT2D eigenvalue weighted by Gasteiger charge is -2.14. The molecule has 7 rings (SSSR count). The van der Waals surface area contributed by atoms with Crippen molar-refractivity contribution in [2.45, 2.75) is 13.0 Å². The van der Waals surface area contributed by atoms with Gasteiger partial charge in [0.05, 0.1) is 6.04 Å². The fraction of sp³-hybridized carbons (Fsp3) is 0.0556. The van der Waals surface area contributed by atoms with Gasteiger partial charge in [-0.15, -0.1) is 0 Å². The van der Waals surface area contributed by atoms with Crippen LogP contribution in [-0.4, -0.2) is 0 Å². The lowest BCUT2D eigenvalue weighted by atomic mass is 9.96. The molecular weight excluding hydrogens is 476 g/mol. The second kappa shape index (κ2) is 10.5. The van der Waals surface area contributed by atoms with Gasteiger partial charge >= 0.3 is 0 Å². The standard InChI is InChI=1S/C23H16O.C13H14N2/c1-15-6-4-8-17(14-15)19-10-5-11-20-23(19)22-18-9-3-2-7-16(18)12-13-21(22)24-20;14-12-9-5-4-8-11(12)13(15)10-6-2-1-3-7-10/h2-14H,1H3;1-9,13H,14-15H2. The van der Waals surface area contributed by atoms with Crippen LogP contribution in [0.3, 0.4) is 0 Å². The number of aryl methyl sites for hydroxylation is 1. The molecule has 39 heavy (non-hydrogen) atoms. The molecule has 4 N–H and O–H groups in total. The van der Waals surface area contributed by atoms with Crippen LogP contribution in [0.25, 0.3) is 43.8 Å². The van der Waals surface area contributed by atoms with Crippen molar-refractivity contribution in [1.82, 2.24) is 0 Å². The molecule has 0 radical (unpaired) electrons. The third-order valence-electron chi connectivity index (χ3n) is 7.21. The molecule has 6 aromatic carbocycles. The van der Waals surface area contributed by atoms with Gasteiger partial charge in [0.25, 0.3) is 0 Å². The predicted octanol–water partition coefficient (Wildman–Crippen LogP) is 9.03. The second-order valence-electron chi connectivity index (χ2n) is 9.83. The van der Waals surface area contributed by atoms with Crippen LogP contribution in [-0.2, 0) is 0 Å². The van der Waals surface area contributed by atoms with Crippen molar-refractivity contribution in [1.29, 1.82) is 0 Å². The van der Waals surface area contributed by atoms with E-state index in [4.69, 9.17) is 15.9 Å². The van der Waals surface area contributed by atoms with Crippen molar-refractivity contribution >= 4 is 38.4 Å². The minimum absolute atomic E-state index is 0.146. The summed E-state index contributed by atoms with van der Waals surface area (Å²) in [6, 6.07) is 45.2. The van der Waals surface area contributed by atoms with E-state index in [1.54, 1.807) is 0 Å². The van der Waals surface area contributed by atoms with Gasteiger partial charge in [-0.1, -0.05) is 121 Å². The predicted molar refractivity (Wildman–Crippen MR) is 165 cm³/mol. The Labute approximate surface area is 228 Å². The molecule has 1 atom stereocenters. The molecule has 1 aromatic heterocycles. The zero-order valence-electron chi connectivity index (χ0n) is 21.8. The van der Waals surface area contributed by atoms with Crippen LogP contribution in [0, 0.1) is 6.92 Å². The van der Waals surface area contributed by atoms with Gasteiger partial charge in [-0.25, -0.2) is 0 Å². The number of hydrogen-bond acceptors (Lipinski definition) is 3. The van der Waals surface area contributed by atoms with Crippen molar-refractivity contribution in [3.63, 3.8) is 0 Å². The Bertz CT molecular complexity index is 1900. The van der Waals surface area contributed by atoms with Crippen LogP contribution in [0.5, 0.6) is 0 Å². The zero-order chi connectivity index (χ0) is 26.8. The summed E-state index contributed by atoms with van der Waals surface area (Å²) >= 11 is 0. The van der Waals surface area contributed by atoms with E-state index in [-0.39, 0.29) is 6.04 Å². The Kier molecular flexibility index (Phi) is 6.58. The quantitative estimate of drug-likeness (QED) is 0.235. The highest BCUT2D eigenvalue weighted by Gasteiger charge is 2.15. The molecule has 0 fully saturated rings. The summed E-state index contributed by atoms with van der Waals surface area (Å²) in [7, 11) is 0. The first-order chi connectivity index (χ1) is 19.1. The molecule has 0 aliphatic heterocycles. The van der Waals surface area contributed by atoms with Gasteiger partial charge in [-0.2, -0.15) is 0 Å². The molecule has 1 unspecified atom stereocenters. The molecule has 0 aliphatic rings. The summed E-state index contributed by atoms with van der Waals surface area (Å²) in [5.74, 6) is 0. The van der Waals surface area contributed by atoms with Crippen LogP contribution >= 0.6 is 0 Å². The maximum absolute atomic E-state index is 6.15. The minimum Gasteiger partial charge on any atom is -0.456 e. The first-order valence-corrected chi connectivity index (χ1v) is 13.1. The van der Waals surface area contributed by atoms with E-state index in [1.165, 1.54) is 38.2 Å². The Hall–Kier alpha value is -4.86. The highest BCUT2D eigenvalue weighted by Crippen LogP contribution is 2.40. The van der Waals surface area contributed by atoms with Gasteiger partial charge in [-0.05, 0) is 58.1 Å². The van der Waals surface area contributed by atoms with E-state index >= 15 is 0 Å². The molecule has 0 spiro atoms. The van der Waals surface area contributed by atoms with E-state index in [2.05, 4.69) is 85.8 Å². The van der Waals surface area contributed by atoms with Crippen molar-refractivity contribution in [2.75, 3.05) is 5.73 Å². The van der Waals surface area contributed by atoms with Gasteiger partial charge < -0.3 is 15.9 Å². The first kappa shape index (κ1) is 24.5. The van der Waals surface area contributed by atoms with E-state index in [0.29, 0.717) is 0 Å². The summed E-state index contributed by atoms with van der Waals surface area (Å²) in [5, 5.41) is 4.90. The molecule has 1 heterocycles. The molecule has 190 valence electrons. The van der Waals surface area contributed by atoms with E-state index < -0.39 is 0 Å². The minimum atomic E-state index is -0.146. The molecule has 0 saturated heterocycles. The molecule has 3 nitrogen and oxygen atoms in total. The molecule has 0 aliphatic carbocycles. The third-order valence-corrected chi connectivity index (χ3v) is 7.21. The second-order valence-corrected chi connectivity index (χ2v) is 9.83. The number of nitrogen functional groups attached to an aromatic ring is 1. The number of fused-ring (bicyclic) bond motifs is 5. The fourth-order valence-electron chi connectivity index (χ4n) is 5.27. The highest BCUT2D eigenvalue weighted by molar-refractivity contribution is 6.22. The molecular formula is C36H30N2O. The average Bonchev–Trinajstić information content (AvgIpc) is 3.37. The van der Waals surface area contributed by atoms with Gasteiger partial charge in [0, 0.05) is 16.5 Å². The van der Waals surface area contributed by atoms with Crippen LogP contribution in [0.2, 0.25) is 0 Å². The van der Waals surface area contributed by atoms with Crippen molar-refractivity contribution in [3.8, 4) is 11.1 Å².